The Labute approximate surface area is 175 Å². The molecule has 30 heavy (non-hydrogen) atoms. The van der Waals surface area contributed by atoms with E-state index in [0.717, 1.165) is 29.7 Å². The van der Waals surface area contributed by atoms with Crippen LogP contribution in [0.3, 0.4) is 0 Å². The molecule has 2 heterocycles. The van der Waals surface area contributed by atoms with E-state index < -0.39 is 17.7 Å². The van der Waals surface area contributed by atoms with Crippen LogP contribution in [-0.2, 0) is 24.2 Å². The molecule has 9 heteroatoms. The maximum atomic E-state index is 13.4. The van der Waals surface area contributed by atoms with Gasteiger partial charge in [-0.05, 0) is 43.9 Å². The quantitative estimate of drug-likeness (QED) is 0.587. The van der Waals surface area contributed by atoms with Crippen molar-refractivity contribution >= 4 is 28.2 Å². The molecule has 0 fully saturated rings. The van der Waals surface area contributed by atoms with Crippen LogP contribution in [0.5, 0.6) is 5.75 Å². The third kappa shape index (κ3) is 3.80. The van der Waals surface area contributed by atoms with Crippen molar-refractivity contribution < 1.29 is 28.0 Å². The lowest BCUT2D eigenvalue weighted by atomic mass is 10.1. The number of carbonyl (C=O) groups is 2. The van der Waals surface area contributed by atoms with E-state index in [9.17, 15) is 14.0 Å². The van der Waals surface area contributed by atoms with Gasteiger partial charge in [-0.3, -0.25) is 4.79 Å². The summed E-state index contributed by atoms with van der Waals surface area (Å²) in [5, 5.41) is 7.06. The molecule has 1 N–H and O–H groups in total. The number of hydrogen-bond donors (Lipinski definition) is 1. The lowest BCUT2D eigenvalue weighted by Gasteiger charge is -2.08. The molecule has 0 radical (unpaired) electrons. The van der Waals surface area contributed by atoms with Gasteiger partial charge in [0, 0.05) is 10.9 Å². The molecule has 0 aliphatic heterocycles. The van der Waals surface area contributed by atoms with Gasteiger partial charge in [0.2, 0.25) is 0 Å². The summed E-state index contributed by atoms with van der Waals surface area (Å²) in [4.78, 5) is 26.3. The number of thiophene rings is 1. The van der Waals surface area contributed by atoms with Crippen LogP contribution >= 0.6 is 11.3 Å². The second-order valence-corrected chi connectivity index (χ2v) is 7.92. The van der Waals surface area contributed by atoms with Crippen molar-refractivity contribution in [3.05, 3.63) is 63.1 Å². The number of rotatable bonds is 6. The summed E-state index contributed by atoms with van der Waals surface area (Å²) in [5.74, 6) is -0.679. The smallest absolute Gasteiger partial charge is 0.341 e. The molecule has 7 nitrogen and oxygen atoms in total. The molecule has 2 aromatic heterocycles. The van der Waals surface area contributed by atoms with Crippen LogP contribution < -0.4 is 10.1 Å². The number of methoxy groups -OCH3 is 1. The number of ether oxygens (including phenoxy) is 2. The van der Waals surface area contributed by atoms with E-state index >= 15 is 0 Å². The summed E-state index contributed by atoms with van der Waals surface area (Å²) >= 11 is 1.38. The van der Waals surface area contributed by atoms with Gasteiger partial charge in [0.05, 0.1) is 18.2 Å². The average Bonchev–Trinajstić information content (AvgIpc) is 3.40. The maximum Gasteiger partial charge on any atom is 0.341 e. The highest BCUT2D eigenvalue weighted by Gasteiger charge is 2.29. The van der Waals surface area contributed by atoms with E-state index in [4.69, 9.17) is 14.0 Å². The molecule has 1 amide bonds. The van der Waals surface area contributed by atoms with E-state index in [2.05, 4.69) is 10.5 Å². The Morgan fingerprint density at radius 1 is 1.33 bits per heavy atom. The van der Waals surface area contributed by atoms with Gasteiger partial charge >= 0.3 is 5.97 Å². The second-order valence-electron chi connectivity index (χ2n) is 6.82. The molecule has 0 unspecified atom stereocenters. The van der Waals surface area contributed by atoms with Crippen molar-refractivity contribution in [2.75, 3.05) is 12.4 Å². The van der Waals surface area contributed by atoms with Crippen molar-refractivity contribution in [3.8, 4) is 5.75 Å². The van der Waals surface area contributed by atoms with E-state index in [1.54, 1.807) is 13.0 Å². The summed E-state index contributed by atoms with van der Waals surface area (Å²) in [6.07, 6.45) is 2.63. The van der Waals surface area contributed by atoms with Gasteiger partial charge in [-0.2, -0.15) is 0 Å². The molecular weight excluding hydrogens is 411 g/mol. The fraction of sp³-hybridized carbons (Fsp3) is 0.286. The summed E-state index contributed by atoms with van der Waals surface area (Å²) in [7, 11) is 1.32. The molecule has 1 aromatic carbocycles. The molecule has 0 atom stereocenters. The van der Waals surface area contributed by atoms with Gasteiger partial charge in [-0.25, -0.2) is 9.18 Å². The number of nitrogens with zero attached hydrogens (tertiary/aromatic N) is 1. The minimum atomic E-state index is -0.519. The number of esters is 1. The normalized spacial score (nSPS) is 12.5. The first-order valence-electron chi connectivity index (χ1n) is 9.35. The molecule has 156 valence electrons. The van der Waals surface area contributed by atoms with Crippen LogP contribution in [0.15, 0.2) is 28.8 Å². The van der Waals surface area contributed by atoms with Crippen LogP contribution in [0.25, 0.3) is 0 Å². The summed E-state index contributed by atoms with van der Waals surface area (Å²) in [6.45, 7) is 1.64. The molecule has 0 spiro atoms. The highest BCUT2D eigenvalue weighted by molar-refractivity contribution is 7.17. The molecular formula is C21H19FN2O5S. The molecule has 0 saturated carbocycles. The Hall–Kier alpha value is -3.20. The second kappa shape index (κ2) is 8.27. The van der Waals surface area contributed by atoms with Crippen molar-refractivity contribution in [1.29, 1.82) is 0 Å². The van der Waals surface area contributed by atoms with Crippen LogP contribution in [0, 0.1) is 12.7 Å². The number of hydrogen-bond acceptors (Lipinski definition) is 7. The molecule has 3 aromatic rings. The first kappa shape index (κ1) is 20.1. The minimum Gasteiger partial charge on any atom is -0.489 e. The van der Waals surface area contributed by atoms with Crippen LogP contribution in [0.2, 0.25) is 0 Å². The number of anilines is 1. The van der Waals surface area contributed by atoms with E-state index in [1.807, 2.05) is 0 Å². The number of carbonyl (C=O) groups excluding carboxylic acids is 2. The molecule has 0 saturated heterocycles. The summed E-state index contributed by atoms with van der Waals surface area (Å²) in [5.41, 5.74) is 1.84. The maximum absolute atomic E-state index is 13.4. The van der Waals surface area contributed by atoms with Gasteiger partial charge in [-0.15, -0.1) is 11.3 Å². The number of fused-ring (bicyclic) bond motifs is 1. The minimum absolute atomic E-state index is 0.0215. The summed E-state index contributed by atoms with van der Waals surface area (Å²) < 4.78 is 29.0. The molecule has 1 aliphatic carbocycles. The third-order valence-electron chi connectivity index (χ3n) is 4.92. The molecule has 1 aliphatic rings. The number of benzene rings is 1. The predicted molar refractivity (Wildman–Crippen MR) is 108 cm³/mol. The number of amides is 1. The Bertz CT molecular complexity index is 1120. The lowest BCUT2D eigenvalue weighted by molar-refractivity contribution is 0.0601. The fourth-order valence-electron chi connectivity index (χ4n) is 3.42. The largest absolute Gasteiger partial charge is 0.489 e. The van der Waals surface area contributed by atoms with E-state index in [1.165, 1.54) is 36.6 Å². The van der Waals surface area contributed by atoms with Crippen LogP contribution in [0.1, 0.15) is 49.0 Å². The topological polar surface area (TPSA) is 90.7 Å². The summed E-state index contributed by atoms with van der Waals surface area (Å²) in [6, 6.07) is 5.71. The monoisotopic (exact) mass is 430 g/mol. The van der Waals surface area contributed by atoms with Crippen LogP contribution in [0.4, 0.5) is 9.39 Å². The zero-order chi connectivity index (χ0) is 21.3. The zero-order valence-electron chi connectivity index (χ0n) is 16.4. The zero-order valence-corrected chi connectivity index (χ0v) is 17.2. The highest BCUT2D eigenvalue weighted by atomic mass is 32.1. The number of nitrogens with one attached hydrogen (secondary N) is 1. The average molecular weight is 430 g/mol. The third-order valence-corrected chi connectivity index (χ3v) is 6.12. The van der Waals surface area contributed by atoms with Crippen LogP contribution in [-0.4, -0.2) is 24.1 Å². The number of halogens is 1. The van der Waals surface area contributed by atoms with E-state index in [-0.39, 0.29) is 12.3 Å². The fourth-order valence-corrected chi connectivity index (χ4v) is 4.70. The van der Waals surface area contributed by atoms with Gasteiger partial charge in [0.15, 0.2) is 5.69 Å². The lowest BCUT2D eigenvalue weighted by Crippen LogP contribution is -2.17. The molecule has 0 bridgehead atoms. The van der Waals surface area contributed by atoms with E-state index in [0.29, 0.717) is 27.6 Å². The van der Waals surface area contributed by atoms with Crippen molar-refractivity contribution in [1.82, 2.24) is 5.16 Å². The SMILES string of the molecule is COC(=O)c1c(NC(=O)c2noc(C)c2COc2cccc(F)c2)sc2c1CCC2. The highest BCUT2D eigenvalue weighted by Crippen LogP contribution is 2.39. The Balaban J connectivity index is 1.56. The van der Waals surface area contributed by atoms with Gasteiger partial charge in [0.1, 0.15) is 28.9 Å². The Morgan fingerprint density at radius 3 is 2.93 bits per heavy atom. The first-order chi connectivity index (χ1) is 14.5. The number of aromatic nitrogens is 1. The predicted octanol–water partition coefficient (Wildman–Crippen LogP) is 4.29. The van der Waals surface area contributed by atoms with Crippen molar-refractivity contribution in [2.45, 2.75) is 32.8 Å². The van der Waals surface area contributed by atoms with Crippen molar-refractivity contribution in [2.24, 2.45) is 0 Å². The Morgan fingerprint density at radius 2 is 2.17 bits per heavy atom. The van der Waals surface area contributed by atoms with Gasteiger partial charge in [0.25, 0.3) is 5.91 Å². The molecule has 4 rings (SSSR count). The number of aryl methyl sites for hydroxylation is 2. The Kier molecular flexibility index (Phi) is 5.54. The van der Waals surface area contributed by atoms with Crippen molar-refractivity contribution in [3.63, 3.8) is 0 Å². The standard InChI is InChI=1S/C21H19FN2O5S/c1-11-15(10-28-13-6-3-5-12(22)9-13)18(24-29-11)19(25)23-20-17(21(26)27-2)14-7-4-8-16(14)30-20/h3,5-6,9H,4,7-8,10H2,1-2H3,(H,23,25). The van der Waals surface area contributed by atoms with Gasteiger partial charge < -0.3 is 19.3 Å². The first-order valence-corrected chi connectivity index (χ1v) is 10.2. The van der Waals surface area contributed by atoms with Gasteiger partial charge in [-0.1, -0.05) is 11.2 Å².